The monoisotopic (exact) mass is 632 g/mol. The van der Waals surface area contributed by atoms with E-state index in [4.69, 9.17) is 0 Å². The zero-order valence-electron chi connectivity index (χ0n) is 24.8. The number of hydrogen-bond donors (Lipinski definition) is 3. The fraction of sp³-hybridized carbons (Fsp3) is 0.111. The lowest BCUT2D eigenvalue weighted by atomic mass is 10.0. The van der Waals surface area contributed by atoms with Crippen LogP contribution in [0.15, 0.2) is 125 Å². The van der Waals surface area contributed by atoms with Gasteiger partial charge in [0, 0.05) is 27.1 Å². The second-order valence-electron chi connectivity index (χ2n) is 10.4. The molecule has 1 aromatic heterocycles. The largest absolute Gasteiger partial charge is 0.321 e. The highest BCUT2D eigenvalue weighted by atomic mass is 32.2. The van der Waals surface area contributed by atoms with Crippen LogP contribution in [0.1, 0.15) is 41.3 Å². The minimum atomic E-state index is -0.453. The van der Waals surface area contributed by atoms with Gasteiger partial charge >= 0.3 is 0 Å². The number of thiazole rings is 1. The van der Waals surface area contributed by atoms with Crippen LogP contribution in [0.3, 0.4) is 0 Å². The number of nitrogens with one attached hydrogen (secondary N) is 3. The van der Waals surface area contributed by atoms with E-state index >= 15 is 0 Å². The fourth-order valence-corrected chi connectivity index (χ4v) is 5.73. The summed E-state index contributed by atoms with van der Waals surface area (Å²) in [6.07, 6.45) is 1.66. The number of benzene rings is 4. The maximum Gasteiger partial charge on any atom is 0.272 e. The molecular formula is C36H32N4O3S2. The van der Waals surface area contributed by atoms with E-state index in [9.17, 15) is 14.4 Å². The average Bonchev–Trinajstić information content (AvgIpc) is 3.53. The van der Waals surface area contributed by atoms with Crippen LogP contribution in [0.5, 0.6) is 0 Å². The second kappa shape index (κ2) is 15.1. The van der Waals surface area contributed by atoms with E-state index in [-0.39, 0.29) is 23.3 Å². The summed E-state index contributed by atoms with van der Waals surface area (Å²) in [6, 6.07) is 33.6. The molecule has 1 heterocycles. The Morgan fingerprint density at radius 3 is 2.16 bits per heavy atom. The summed E-state index contributed by atoms with van der Waals surface area (Å²) in [5, 5.41) is 11.0. The van der Waals surface area contributed by atoms with Gasteiger partial charge in [-0.25, -0.2) is 4.98 Å². The van der Waals surface area contributed by atoms with Crippen LogP contribution in [0.2, 0.25) is 0 Å². The van der Waals surface area contributed by atoms with Crippen molar-refractivity contribution < 1.29 is 14.4 Å². The van der Waals surface area contributed by atoms with Gasteiger partial charge in [-0.1, -0.05) is 86.6 Å². The van der Waals surface area contributed by atoms with Gasteiger partial charge in [-0.05, 0) is 59.5 Å². The van der Waals surface area contributed by atoms with Crippen LogP contribution < -0.4 is 16.0 Å². The maximum atomic E-state index is 13.4. The zero-order chi connectivity index (χ0) is 31.6. The van der Waals surface area contributed by atoms with Gasteiger partial charge in [0.15, 0.2) is 5.13 Å². The number of carbonyl (C=O) groups is 3. The molecule has 5 aromatic rings. The highest BCUT2D eigenvalue weighted by Crippen LogP contribution is 2.26. The molecular weight excluding hydrogens is 601 g/mol. The van der Waals surface area contributed by atoms with Crippen molar-refractivity contribution in [2.45, 2.75) is 24.7 Å². The molecule has 4 aromatic carbocycles. The Morgan fingerprint density at radius 2 is 1.49 bits per heavy atom. The van der Waals surface area contributed by atoms with Crippen LogP contribution >= 0.6 is 23.1 Å². The Labute approximate surface area is 270 Å². The molecule has 9 heteroatoms. The minimum absolute atomic E-state index is 0.119. The lowest BCUT2D eigenvalue weighted by Crippen LogP contribution is -2.30. The average molecular weight is 633 g/mol. The highest BCUT2D eigenvalue weighted by molar-refractivity contribution is 8.00. The molecule has 3 amide bonds. The molecule has 3 N–H and O–H groups in total. The van der Waals surface area contributed by atoms with E-state index in [0.717, 1.165) is 21.7 Å². The second-order valence-corrected chi connectivity index (χ2v) is 12.3. The molecule has 0 aliphatic carbocycles. The first-order chi connectivity index (χ1) is 21.8. The van der Waals surface area contributed by atoms with Crippen molar-refractivity contribution in [3.63, 3.8) is 0 Å². The van der Waals surface area contributed by atoms with E-state index in [1.165, 1.54) is 28.7 Å². The molecule has 0 fully saturated rings. The first kappa shape index (κ1) is 31.4. The summed E-state index contributed by atoms with van der Waals surface area (Å²) >= 11 is 2.76. The van der Waals surface area contributed by atoms with Gasteiger partial charge in [-0.15, -0.1) is 23.1 Å². The molecule has 7 nitrogen and oxygen atoms in total. The summed E-state index contributed by atoms with van der Waals surface area (Å²) in [6.45, 7) is 4.23. The summed E-state index contributed by atoms with van der Waals surface area (Å²) in [5.74, 6) is -0.401. The molecule has 0 unspecified atom stereocenters. The normalized spacial score (nSPS) is 11.2. The van der Waals surface area contributed by atoms with Crippen LogP contribution in [0, 0.1) is 0 Å². The fourth-order valence-electron chi connectivity index (χ4n) is 4.30. The number of aromatic nitrogens is 1. The molecule has 0 atom stereocenters. The van der Waals surface area contributed by atoms with Gasteiger partial charge in [0.25, 0.3) is 11.8 Å². The van der Waals surface area contributed by atoms with E-state index < -0.39 is 5.91 Å². The topological polar surface area (TPSA) is 100 Å². The SMILES string of the molecule is CC(C)c1ccc(/C=C(\NC(=O)c2ccccc2)C(=O)Nc2ccc(SCC(=O)Nc3nc(-c4ccccc4)cs3)cc2)cc1. The molecule has 5 rings (SSSR count). The van der Waals surface area contributed by atoms with Gasteiger partial charge in [-0.3, -0.25) is 14.4 Å². The molecule has 0 spiro atoms. The van der Waals surface area contributed by atoms with E-state index in [2.05, 4.69) is 34.8 Å². The van der Waals surface area contributed by atoms with Crippen molar-refractivity contribution in [3.05, 3.63) is 137 Å². The van der Waals surface area contributed by atoms with Crippen molar-refractivity contribution in [1.29, 1.82) is 0 Å². The third kappa shape index (κ3) is 9.01. The van der Waals surface area contributed by atoms with Gasteiger partial charge in [0.2, 0.25) is 5.91 Å². The van der Waals surface area contributed by atoms with Gasteiger partial charge in [0.1, 0.15) is 5.70 Å². The third-order valence-electron chi connectivity index (χ3n) is 6.75. The van der Waals surface area contributed by atoms with Crippen LogP contribution in [-0.2, 0) is 9.59 Å². The van der Waals surface area contributed by atoms with E-state index in [1.807, 2.05) is 78.2 Å². The van der Waals surface area contributed by atoms with Gasteiger partial charge < -0.3 is 16.0 Å². The molecule has 0 aliphatic heterocycles. The molecule has 45 heavy (non-hydrogen) atoms. The Bertz CT molecular complexity index is 1780. The van der Waals surface area contributed by atoms with Crippen LogP contribution in [-0.4, -0.2) is 28.5 Å². The summed E-state index contributed by atoms with van der Waals surface area (Å²) in [5.41, 5.74) is 4.91. The predicted octanol–water partition coefficient (Wildman–Crippen LogP) is 8.07. The van der Waals surface area contributed by atoms with Crippen molar-refractivity contribution in [2.75, 3.05) is 16.4 Å². The number of hydrogen-bond acceptors (Lipinski definition) is 6. The number of carbonyl (C=O) groups excluding carboxylic acids is 3. The number of amides is 3. The first-order valence-electron chi connectivity index (χ1n) is 14.4. The number of thioether (sulfide) groups is 1. The van der Waals surface area contributed by atoms with E-state index in [1.54, 1.807) is 42.5 Å². The van der Waals surface area contributed by atoms with Gasteiger partial charge in [0.05, 0.1) is 11.4 Å². The van der Waals surface area contributed by atoms with Crippen LogP contribution in [0.4, 0.5) is 10.8 Å². The summed E-state index contributed by atoms with van der Waals surface area (Å²) in [4.78, 5) is 44.2. The minimum Gasteiger partial charge on any atom is -0.321 e. The number of anilines is 2. The standard InChI is InChI=1S/C36H32N4O3S2/c1-24(2)26-15-13-25(14-16-26)21-31(38-34(42)28-11-7-4-8-12-28)35(43)37-29-17-19-30(20-18-29)44-23-33(41)40-36-39-32(22-45-36)27-9-5-3-6-10-27/h3-22,24H,23H2,1-2H3,(H,37,43)(H,38,42)(H,39,40,41)/b31-21-. The van der Waals surface area contributed by atoms with Gasteiger partial charge in [-0.2, -0.15) is 0 Å². The summed E-state index contributed by atoms with van der Waals surface area (Å²) in [7, 11) is 0. The van der Waals surface area contributed by atoms with Crippen molar-refractivity contribution in [1.82, 2.24) is 10.3 Å². The first-order valence-corrected chi connectivity index (χ1v) is 16.2. The molecule has 226 valence electrons. The maximum absolute atomic E-state index is 13.4. The Hall–Kier alpha value is -4.99. The van der Waals surface area contributed by atoms with E-state index in [0.29, 0.717) is 22.3 Å². The van der Waals surface area contributed by atoms with Crippen LogP contribution in [0.25, 0.3) is 17.3 Å². The van der Waals surface area contributed by atoms with Crippen molar-refractivity contribution >= 4 is 57.7 Å². The molecule has 0 bridgehead atoms. The molecule has 0 saturated heterocycles. The Balaban J connectivity index is 1.20. The lowest BCUT2D eigenvalue weighted by Gasteiger charge is -2.12. The summed E-state index contributed by atoms with van der Waals surface area (Å²) < 4.78 is 0. The van der Waals surface area contributed by atoms with Crippen molar-refractivity contribution in [3.8, 4) is 11.3 Å². The molecule has 0 radical (unpaired) electrons. The van der Waals surface area contributed by atoms with Crippen molar-refractivity contribution in [2.24, 2.45) is 0 Å². The Morgan fingerprint density at radius 1 is 0.822 bits per heavy atom. The molecule has 0 aliphatic rings. The Kier molecular flexibility index (Phi) is 10.6. The molecule has 0 saturated carbocycles. The number of nitrogens with zero attached hydrogens (tertiary/aromatic N) is 1. The zero-order valence-corrected chi connectivity index (χ0v) is 26.5. The lowest BCUT2D eigenvalue weighted by molar-refractivity contribution is -0.114. The number of rotatable bonds is 11. The third-order valence-corrected chi connectivity index (χ3v) is 8.51. The highest BCUT2D eigenvalue weighted by Gasteiger charge is 2.16. The smallest absolute Gasteiger partial charge is 0.272 e. The quantitative estimate of drug-likeness (QED) is 0.101. The predicted molar refractivity (Wildman–Crippen MR) is 184 cm³/mol.